The van der Waals surface area contributed by atoms with Crippen molar-refractivity contribution in [2.75, 3.05) is 39.3 Å². The molecule has 1 saturated heterocycles. The minimum atomic E-state index is -0.953. The van der Waals surface area contributed by atoms with E-state index < -0.39 is 86.2 Å². The van der Waals surface area contributed by atoms with Gasteiger partial charge in [-0.3, -0.25) is 33.6 Å². The van der Waals surface area contributed by atoms with Gasteiger partial charge in [0, 0.05) is 6.54 Å². The van der Waals surface area contributed by atoms with E-state index in [4.69, 9.17) is 0 Å². The van der Waals surface area contributed by atoms with E-state index in [1.54, 1.807) is 6.08 Å². The van der Waals surface area contributed by atoms with Crippen LogP contribution in [0.3, 0.4) is 0 Å². The first kappa shape index (κ1) is 26.3. The van der Waals surface area contributed by atoms with Gasteiger partial charge in [-0.15, -0.1) is 0 Å². The first-order valence-electron chi connectivity index (χ1n) is 10.8. The van der Waals surface area contributed by atoms with E-state index in [1.165, 1.54) is 11.8 Å². The highest BCUT2D eigenvalue weighted by atomic mass is 16.2. The third-order valence-electron chi connectivity index (χ3n) is 5.05. The summed E-state index contributed by atoms with van der Waals surface area (Å²) < 4.78 is 0. The number of amides is 7. The summed E-state index contributed by atoms with van der Waals surface area (Å²) >= 11 is 0. The van der Waals surface area contributed by atoms with Crippen LogP contribution in [0.25, 0.3) is 0 Å². The maximum Gasteiger partial charge on any atom is 0.246 e. The fourth-order valence-corrected chi connectivity index (χ4v) is 3.15. The zero-order chi connectivity index (χ0) is 25.1. The van der Waals surface area contributed by atoms with Gasteiger partial charge in [-0.25, -0.2) is 0 Å². The smallest absolute Gasteiger partial charge is 0.246 e. The van der Waals surface area contributed by atoms with Crippen LogP contribution in [0.15, 0.2) is 12.2 Å². The Labute approximate surface area is 195 Å². The topological polar surface area (TPSA) is 195 Å². The van der Waals surface area contributed by atoms with Gasteiger partial charge < -0.3 is 36.8 Å². The van der Waals surface area contributed by atoms with Crippen molar-refractivity contribution >= 4 is 41.4 Å². The van der Waals surface area contributed by atoms with Gasteiger partial charge >= 0.3 is 0 Å². The zero-order valence-electron chi connectivity index (χ0n) is 18.8. The lowest BCUT2D eigenvalue weighted by Gasteiger charge is -2.32. The largest absolute Gasteiger partial charge is 0.346 e. The quantitative estimate of drug-likeness (QED) is 0.189. The number of fused-ring (bicyclic) bond motifs is 2. The molecule has 2 aliphatic heterocycles. The molecule has 0 aromatic carbocycles. The summed E-state index contributed by atoms with van der Waals surface area (Å²) in [5.41, 5.74) is 0. The van der Waals surface area contributed by atoms with Gasteiger partial charge in [0.2, 0.25) is 41.4 Å². The number of hydrogen-bond acceptors (Lipinski definition) is 7. The van der Waals surface area contributed by atoms with Gasteiger partial charge in [0.15, 0.2) is 0 Å². The van der Waals surface area contributed by atoms with Gasteiger partial charge in [0.1, 0.15) is 12.1 Å². The van der Waals surface area contributed by atoms with Gasteiger partial charge in [-0.1, -0.05) is 12.2 Å². The number of nitrogens with zero attached hydrogens (tertiary/aromatic N) is 1. The first-order valence-corrected chi connectivity index (χ1v) is 10.8. The van der Waals surface area contributed by atoms with E-state index in [0.29, 0.717) is 6.42 Å². The molecule has 0 saturated carbocycles. The van der Waals surface area contributed by atoms with Crippen molar-refractivity contribution in [1.29, 1.82) is 0 Å². The molecule has 0 spiro atoms. The average molecular weight is 479 g/mol. The van der Waals surface area contributed by atoms with Crippen molar-refractivity contribution < 1.29 is 33.6 Å². The summed E-state index contributed by atoms with van der Waals surface area (Å²) in [6.07, 6.45) is 4.28. The standard InChI is InChI=1S/C20H29N7O7/c1-12-19(33)25-10-17(31)23-8-15(29)21-7-14(28)22-9-16(30)24-11-18(32)26-13-5-3-2-4-6-27(12)20(13)34/h2-3,12-13H,4-11H2,1H3,(H,21,29)(H,22,28)(H,23,31)(H,24,30)(H,25,33)(H,26,32)/b3-2-. The second-order valence-electron chi connectivity index (χ2n) is 7.65. The molecule has 2 unspecified atom stereocenters. The van der Waals surface area contributed by atoms with E-state index in [-0.39, 0.29) is 13.0 Å². The molecule has 0 radical (unpaired) electrons. The van der Waals surface area contributed by atoms with Crippen molar-refractivity contribution in [3.63, 3.8) is 0 Å². The Bertz CT molecular complexity index is 873. The van der Waals surface area contributed by atoms with Gasteiger partial charge in [-0.2, -0.15) is 0 Å². The maximum atomic E-state index is 13.1. The Kier molecular flexibility index (Phi) is 9.98. The highest BCUT2D eigenvalue weighted by Gasteiger charge is 2.32. The zero-order valence-corrected chi connectivity index (χ0v) is 18.8. The van der Waals surface area contributed by atoms with Gasteiger partial charge in [0.05, 0.1) is 32.7 Å². The molecule has 0 aliphatic carbocycles. The van der Waals surface area contributed by atoms with E-state index in [1.807, 2.05) is 6.08 Å². The Balaban J connectivity index is 2.14. The Morgan fingerprint density at radius 3 is 1.68 bits per heavy atom. The third kappa shape index (κ3) is 8.52. The van der Waals surface area contributed by atoms with Crippen LogP contribution in [0.4, 0.5) is 0 Å². The van der Waals surface area contributed by atoms with Crippen molar-refractivity contribution in [2.45, 2.75) is 31.8 Å². The average Bonchev–Trinajstić information content (AvgIpc) is 2.80. The molecule has 6 N–H and O–H groups in total. The van der Waals surface area contributed by atoms with E-state index in [2.05, 4.69) is 31.9 Å². The molecular formula is C20H29N7O7. The lowest BCUT2D eigenvalue weighted by molar-refractivity contribution is -0.143. The van der Waals surface area contributed by atoms with Gasteiger partial charge in [0.25, 0.3) is 0 Å². The molecule has 34 heavy (non-hydrogen) atoms. The van der Waals surface area contributed by atoms with Crippen LogP contribution in [0.1, 0.15) is 19.8 Å². The number of carbonyl (C=O) groups excluding carboxylic acids is 7. The normalized spacial score (nSPS) is 25.7. The van der Waals surface area contributed by atoms with Crippen LogP contribution in [-0.2, 0) is 33.6 Å². The van der Waals surface area contributed by atoms with Crippen LogP contribution in [0.5, 0.6) is 0 Å². The molecule has 0 aromatic rings. The van der Waals surface area contributed by atoms with Crippen molar-refractivity contribution in [1.82, 2.24) is 36.8 Å². The molecule has 14 heteroatoms. The highest BCUT2D eigenvalue weighted by molar-refractivity contribution is 5.95. The molecule has 2 heterocycles. The minimum absolute atomic E-state index is 0.197. The summed E-state index contributed by atoms with van der Waals surface area (Å²) in [4.78, 5) is 86.5. The summed E-state index contributed by atoms with van der Waals surface area (Å²) in [5, 5.41) is 14.1. The SMILES string of the molecule is CC1C(=O)NCC(=O)NCC(=O)NCC(=O)NCC(=O)NCC(=O)NC2C/C=C\CCN1C2=O. The fourth-order valence-electron chi connectivity index (χ4n) is 3.15. The summed E-state index contributed by atoms with van der Waals surface area (Å²) in [6, 6.07) is -1.88. The highest BCUT2D eigenvalue weighted by Crippen LogP contribution is 2.11. The molecule has 1 fully saturated rings. The minimum Gasteiger partial charge on any atom is -0.346 e. The second-order valence-corrected chi connectivity index (χ2v) is 7.65. The molecule has 2 rings (SSSR count). The third-order valence-corrected chi connectivity index (χ3v) is 5.05. The van der Waals surface area contributed by atoms with Crippen LogP contribution in [-0.4, -0.2) is 97.6 Å². The van der Waals surface area contributed by atoms with Crippen LogP contribution in [0, 0.1) is 0 Å². The van der Waals surface area contributed by atoms with Crippen molar-refractivity contribution in [2.24, 2.45) is 0 Å². The van der Waals surface area contributed by atoms with E-state index >= 15 is 0 Å². The lowest BCUT2D eigenvalue weighted by Crippen LogP contribution is -2.56. The fraction of sp³-hybridized carbons (Fsp3) is 0.550. The predicted octanol–water partition coefficient (Wildman–Crippen LogP) is -4.37. The number of carbonyl (C=O) groups is 7. The molecule has 2 aliphatic rings. The number of nitrogens with one attached hydrogen (secondary N) is 6. The summed E-state index contributed by atoms with van der Waals surface area (Å²) in [5.74, 6) is -4.29. The van der Waals surface area contributed by atoms with Gasteiger partial charge in [-0.05, 0) is 19.8 Å². The van der Waals surface area contributed by atoms with E-state index in [0.717, 1.165) is 0 Å². The van der Waals surface area contributed by atoms with Crippen molar-refractivity contribution in [3.8, 4) is 0 Å². The lowest BCUT2D eigenvalue weighted by atomic mass is 10.1. The monoisotopic (exact) mass is 479 g/mol. The first-order chi connectivity index (χ1) is 16.2. The second kappa shape index (κ2) is 12.9. The Morgan fingerprint density at radius 1 is 0.676 bits per heavy atom. The predicted molar refractivity (Wildman–Crippen MR) is 117 cm³/mol. The Morgan fingerprint density at radius 2 is 1.15 bits per heavy atom. The van der Waals surface area contributed by atoms with Crippen LogP contribution < -0.4 is 31.9 Å². The molecular weight excluding hydrogens is 450 g/mol. The number of rotatable bonds is 0. The molecule has 14 nitrogen and oxygen atoms in total. The number of hydrogen-bond donors (Lipinski definition) is 6. The van der Waals surface area contributed by atoms with Crippen LogP contribution >= 0.6 is 0 Å². The van der Waals surface area contributed by atoms with E-state index in [9.17, 15) is 33.6 Å². The maximum absolute atomic E-state index is 13.1. The molecule has 2 atom stereocenters. The Hall–Kier alpha value is -3.97. The molecule has 186 valence electrons. The summed E-state index contributed by atoms with van der Waals surface area (Å²) in [7, 11) is 0. The van der Waals surface area contributed by atoms with Crippen molar-refractivity contribution in [3.05, 3.63) is 12.2 Å². The summed E-state index contributed by atoms with van der Waals surface area (Å²) in [6.45, 7) is -0.408. The molecule has 2 bridgehead atoms. The molecule has 0 aromatic heterocycles. The van der Waals surface area contributed by atoms with Crippen LogP contribution in [0.2, 0.25) is 0 Å². The molecule has 7 amide bonds.